The second-order valence-electron chi connectivity index (χ2n) is 4.68. The second kappa shape index (κ2) is 6.44. The van der Waals surface area contributed by atoms with E-state index in [4.69, 9.17) is 11.6 Å². The van der Waals surface area contributed by atoms with Crippen molar-refractivity contribution in [2.45, 2.75) is 19.9 Å². The average Bonchev–Trinajstić information content (AvgIpc) is 2.44. The van der Waals surface area contributed by atoms with Crippen molar-refractivity contribution in [3.63, 3.8) is 0 Å². The number of nitrogens with one attached hydrogen (secondary N) is 2. The molecule has 0 aliphatic carbocycles. The quantitative estimate of drug-likeness (QED) is 0.890. The third kappa shape index (κ3) is 3.75. The van der Waals surface area contributed by atoms with Gasteiger partial charge in [0.25, 0.3) is 0 Å². The minimum Gasteiger partial charge on any atom is -0.374 e. The summed E-state index contributed by atoms with van der Waals surface area (Å²) in [5, 5.41) is 6.73. The molecule has 1 amide bonds. The molecule has 1 unspecified atom stereocenters. The summed E-state index contributed by atoms with van der Waals surface area (Å²) < 4.78 is 0. The van der Waals surface area contributed by atoms with Gasteiger partial charge >= 0.3 is 0 Å². The topological polar surface area (TPSA) is 41.1 Å². The van der Waals surface area contributed by atoms with E-state index in [9.17, 15) is 4.79 Å². The fourth-order valence-electron chi connectivity index (χ4n) is 1.82. The molecular formula is C16H17ClN2O. The van der Waals surface area contributed by atoms with Gasteiger partial charge in [0, 0.05) is 16.4 Å². The van der Waals surface area contributed by atoms with Crippen molar-refractivity contribution >= 4 is 28.9 Å². The summed E-state index contributed by atoms with van der Waals surface area (Å²) >= 11 is 5.83. The Morgan fingerprint density at radius 3 is 2.40 bits per heavy atom. The number of anilines is 2. The van der Waals surface area contributed by atoms with E-state index in [1.165, 1.54) is 0 Å². The van der Waals surface area contributed by atoms with Crippen LogP contribution in [0.1, 0.15) is 12.5 Å². The van der Waals surface area contributed by atoms with Crippen molar-refractivity contribution < 1.29 is 4.79 Å². The van der Waals surface area contributed by atoms with E-state index in [1.54, 1.807) is 12.1 Å². The zero-order chi connectivity index (χ0) is 14.5. The fourth-order valence-corrected chi connectivity index (χ4v) is 1.94. The first-order chi connectivity index (χ1) is 9.56. The summed E-state index contributed by atoms with van der Waals surface area (Å²) in [5.74, 6) is -0.0748. The molecule has 0 radical (unpaired) electrons. The number of aryl methyl sites for hydroxylation is 1. The minimum atomic E-state index is -0.337. The van der Waals surface area contributed by atoms with Gasteiger partial charge in [-0.2, -0.15) is 0 Å². The molecule has 0 saturated heterocycles. The second-order valence-corrected chi connectivity index (χ2v) is 5.11. The molecule has 2 aromatic carbocycles. The van der Waals surface area contributed by atoms with Crippen molar-refractivity contribution in [3.05, 3.63) is 59.1 Å². The van der Waals surface area contributed by atoms with Crippen molar-refractivity contribution in [1.29, 1.82) is 0 Å². The molecule has 20 heavy (non-hydrogen) atoms. The fraction of sp³-hybridized carbons (Fsp3) is 0.188. The molecule has 104 valence electrons. The van der Waals surface area contributed by atoms with E-state index >= 15 is 0 Å². The molecular weight excluding hydrogens is 272 g/mol. The Hall–Kier alpha value is -2.00. The van der Waals surface area contributed by atoms with Crippen LogP contribution >= 0.6 is 11.6 Å². The lowest BCUT2D eigenvalue weighted by Crippen LogP contribution is -2.32. The van der Waals surface area contributed by atoms with Gasteiger partial charge in [-0.1, -0.05) is 29.8 Å². The normalized spacial score (nSPS) is 11.8. The summed E-state index contributed by atoms with van der Waals surface area (Å²) in [6.45, 7) is 3.79. The molecule has 2 rings (SSSR count). The number of rotatable bonds is 4. The minimum absolute atomic E-state index is 0.0748. The molecule has 0 bridgehead atoms. The van der Waals surface area contributed by atoms with E-state index in [0.717, 1.165) is 16.9 Å². The van der Waals surface area contributed by atoms with Gasteiger partial charge < -0.3 is 10.6 Å². The van der Waals surface area contributed by atoms with E-state index < -0.39 is 0 Å². The van der Waals surface area contributed by atoms with Crippen molar-refractivity contribution in [3.8, 4) is 0 Å². The van der Waals surface area contributed by atoms with Crippen LogP contribution in [-0.2, 0) is 4.79 Å². The van der Waals surface area contributed by atoms with E-state index in [-0.39, 0.29) is 11.9 Å². The largest absolute Gasteiger partial charge is 0.374 e. The Kier molecular flexibility index (Phi) is 4.64. The van der Waals surface area contributed by atoms with E-state index in [0.29, 0.717) is 5.02 Å². The van der Waals surface area contributed by atoms with Crippen LogP contribution in [0.15, 0.2) is 48.5 Å². The van der Waals surface area contributed by atoms with Crippen molar-refractivity contribution in [2.24, 2.45) is 0 Å². The third-order valence-electron chi connectivity index (χ3n) is 3.02. The summed E-state index contributed by atoms with van der Waals surface area (Å²) in [4.78, 5) is 12.1. The van der Waals surface area contributed by atoms with Crippen LogP contribution in [-0.4, -0.2) is 11.9 Å². The molecule has 4 heteroatoms. The zero-order valence-corrected chi connectivity index (χ0v) is 12.2. The maximum atomic E-state index is 12.1. The highest BCUT2D eigenvalue weighted by atomic mass is 35.5. The van der Waals surface area contributed by atoms with Crippen molar-refractivity contribution in [2.75, 3.05) is 10.6 Å². The first-order valence-electron chi connectivity index (χ1n) is 6.45. The summed E-state index contributed by atoms with van der Waals surface area (Å²) in [7, 11) is 0. The Balaban J connectivity index is 1.99. The van der Waals surface area contributed by atoms with Gasteiger partial charge in [0.15, 0.2) is 0 Å². The maximum Gasteiger partial charge on any atom is 0.246 e. The van der Waals surface area contributed by atoms with Crippen LogP contribution in [0.25, 0.3) is 0 Å². The standard InChI is InChI=1S/C16H17ClN2O/c1-11-5-3-4-6-15(11)19-16(20)12(2)18-14-9-7-13(17)8-10-14/h3-10,12,18H,1-2H3,(H,19,20). The number of carbonyl (C=O) groups excluding carboxylic acids is 1. The Morgan fingerprint density at radius 2 is 1.75 bits per heavy atom. The number of benzene rings is 2. The molecule has 0 heterocycles. The molecule has 0 saturated carbocycles. The number of carbonyl (C=O) groups is 1. The number of halogens is 1. The monoisotopic (exact) mass is 288 g/mol. The predicted molar refractivity (Wildman–Crippen MR) is 84.3 cm³/mol. The lowest BCUT2D eigenvalue weighted by atomic mass is 10.2. The molecule has 0 spiro atoms. The number of para-hydroxylation sites is 1. The number of hydrogen-bond acceptors (Lipinski definition) is 2. The molecule has 3 nitrogen and oxygen atoms in total. The molecule has 0 fully saturated rings. The van der Waals surface area contributed by atoms with Crippen LogP contribution < -0.4 is 10.6 Å². The summed E-state index contributed by atoms with van der Waals surface area (Å²) in [5.41, 5.74) is 2.74. The van der Waals surface area contributed by atoms with E-state index in [2.05, 4.69) is 10.6 Å². The van der Waals surface area contributed by atoms with Gasteiger partial charge in [-0.05, 0) is 49.7 Å². The van der Waals surface area contributed by atoms with Crippen LogP contribution in [0.2, 0.25) is 5.02 Å². The van der Waals surface area contributed by atoms with Crippen LogP contribution in [0.4, 0.5) is 11.4 Å². The SMILES string of the molecule is Cc1ccccc1NC(=O)C(C)Nc1ccc(Cl)cc1. The zero-order valence-electron chi connectivity index (χ0n) is 11.5. The Morgan fingerprint density at radius 1 is 1.10 bits per heavy atom. The lowest BCUT2D eigenvalue weighted by molar-refractivity contribution is -0.116. The average molecular weight is 289 g/mol. The van der Waals surface area contributed by atoms with E-state index in [1.807, 2.05) is 50.2 Å². The molecule has 2 aromatic rings. The Labute approximate surface area is 124 Å². The van der Waals surface area contributed by atoms with Crippen LogP contribution in [0.3, 0.4) is 0 Å². The van der Waals surface area contributed by atoms with Gasteiger partial charge in [0.1, 0.15) is 6.04 Å². The number of hydrogen-bond donors (Lipinski definition) is 2. The summed E-state index contributed by atoms with van der Waals surface area (Å²) in [6.07, 6.45) is 0. The predicted octanol–water partition coefficient (Wildman–Crippen LogP) is 4.09. The van der Waals surface area contributed by atoms with Gasteiger partial charge in [-0.3, -0.25) is 4.79 Å². The van der Waals surface area contributed by atoms with Gasteiger partial charge in [-0.25, -0.2) is 0 Å². The number of amides is 1. The highest BCUT2D eigenvalue weighted by molar-refractivity contribution is 6.30. The summed E-state index contributed by atoms with van der Waals surface area (Å²) in [6, 6.07) is 14.6. The van der Waals surface area contributed by atoms with Gasteiger partial charge in [0.05, 0.1) is 0 Å². The molecule has 2 N–H and O–H groups in total. The van der Waals surface area contributed by atoms with Gasteiger partial charge in [0.2, 0.25) is 5.91 Å². The molecule has 1 atom stereocenters. The third-order valence-corrected chi connectivity index (χ3v) is 3.28. The van der Waals surface area contributed by atoms with Crippen LogP contribution in [0.5, 0.6) is 0 Å². The smallest absolute Gasteiger partial charge is 0.246 e. The first-order valence-corrected chi connectivity index (χ1v) is 6.82. The van der Waals surface area contributed by atoms with Crippen molar-refractivity contribution in [1.82, 2.24) is 0 Å². The maximum absolute atomic E-state index is 12.1. The highest BCUT2D eigenvalue weighted by Crippen LogP contribution is 2.16. The molecule has 0 aliphatic rings. The highest BCUT2D eigenvalue weighted by Gasteiger charge is 2.13. The van der Waals surface area contributed by atoms with Crippen LogP contribution in [0, 0.1) is 6.92 Å². The van der Waals surface area contributed by atoms with Gasteiger partial charge in [-0.15, -0.1) is 0 Å². The lowest BCUT2D eigenvalue weighted by Gasteiger charge is -2.16. The molecule has 0 aromatic heterocycles. The molecule has 0 aliphatic heterocycles. The Bertz CT molecular complexity index is 596. The first kappa shape index (κ1) is 14.4.